The summed E-state index contributed by atoms with van der Waals surface area (Å²) in [6.07, 6.45) is 3.75. The molecule has 1 aliphatic carbocycles. The molecule has 2 heterocycles. The normalized spacial score (nSPS) is 26.2. The molecule has 2 aliphatic heterocycles. The highest BCUT2D eigenvalue weighted by Gasteiger charge is 2.61. The predicted molar refractivity (Wildman–Crippen MR) is 119 cm³/mol. The number of ether oxygens (including phenoxy) is 1. The van der Waals surface area contributed by atoms with Crippen LogP contribution < -0.4 is 4.72 Å². The van der Waals surface area contributed by atoms with Crippen molar-refractivity contribution in [2.24, 2.45) is 5.41 Å². The van der Waals surface area contributed by atoms with Crippen LogP contribution >= 0.6 is 0 Å². The summed E-state index contributed by atoms with van der Waals surface area (Å²) in [5.41, 5.74) is 2.43. The summed E-state index contributed by atoms with van der Waals surface area (Å²) in [5.74, 6) is -0.347. The minimum absolute atomic E-state index is 0.0494. The van der Waals surface area contributed by atoms with E-state index in [9.17, 15) is 17.6 Å². The Morgan fingerprint density at radius 2 is 1.88 bits per heavy atom. The van der Waals surface area contributed by atoms with Crippen LogP contribution in [-0.4, -0.2) is 56.8 Å². The van der Waals surface area contributed by atoms with Crippen molar-refractivity contribution in [1.82, 2.24) is 9.62 Å². The van der Waals surface area contributed by atoms with Gasteiger partial charge in [-0.05, 0) is 48.1 Å². The second-order valence-electron chi connectivity index (χ2n) is 9.33. The van der Waals surface area contributed by atoms with Crippen molar-refractivity contribution < 1.29 is 22.3 Å². The predicted octanol–water partition coefficient (Wildman–Crippen LogP) is 2.73. The van der Waals surface area contributed by atoms with E-state index < -0.39 is 16.1 Å². The number of hydrogen-bond acceptors (Lipinski definition) is 4. The molecule has 6 nitrogen and oxygen atoms in total. The quantitative estimate of drug-likeness (QED) is 0.722. The van der Waals surface area contributed by atoms with Gasteiger partial charge in [-0.3, -0.25) is 4.79 Å². The molecule has 1 spiro atoms. The molecule has 5 rings (SSSR count). The maximum Gasteiger partial charge on any atom is 0.252 e. The lowest BCUT2D eigenvalue weighted by Crippen LogP contribution is -2.52. The average Bonchev–Trinajstić information content (AvgIpc) is 3.42. The van der Waals surface area contributed by atoms with E-state index in [0.29, 0.717) is 26.0 Å². The summed E-state index contributed by atoms with van der Waals surface area (Å²) in [6, 6.07) is 13.6. The zero-order valence-corrected chi connectivity index (χ0v) is 18.8. The second kappa shape index (κ2) is 7.93. The molecule has 2 aromatic rings. The number of halogens is 1. The number of rotatable bonds is 6. The lowest BCUT2D eigenvalue weighted by atomic mass is 9.91. The number of carbonyl (C=O) groups is 1. The van der Waals surface area contributed by atoms with Crippen molar-refractivity contribution in [3.8, 4) is 11.1 Å². The van der Waals surface area contributed by atoms with Gasteiger partial charge in [-0.15, -0.1) is 0 Å². The van der Waals surface area contributed by atoms with Crippen molar-refractivity contribution in [2.45, 2.75) is 43.9 Å². The van der Waals surface area contributed by atoms with Crippen LogP contribution in [0.3, 0.4) is 0 Å². The van der Waals surface area contributed by atoms with Gasteiger partial charge in [0.2, 0.25) is 10.0 Å². The van der Waals surface area contributed by atoms with Crippen LogP contribution in [0.1, 0.15) is 24.8 Å². The molecule has 2 saturated heterocycles. The summed E-state index contributed by atoms with van der Waals surface area (Å²) in [4.78, 5) is 15.0. The zero-order valence-electron chi connectivity index (χ0n) is 18.0. The van der Waals surface area contributed by atoms with Gasteiger partial charge in [-0.25, -0.2) is 17.5 Å². The van der Waals surface area contributed by atoms with Crippen LogP contribution in [0.15, 0.2) is 48.5 Å². The molecule has 32 heavy (non-hydrogen) atoms. The maximum atomic E-state index is 13.7. The van der Waals surface area contributed by atoms with Gasteiger partial charge >= 0.3 is 0 Å². The Bertz CT molecular complexity index is 1140. The van der Waals surface area contributed by atoms with Crippen LogP contribution in [-0.2, 0) is 26.0 Å². The molecule has 1 amide bonds. The molecule has 0 radical (unpaired) electrons. The summed E-state index contributed by atoms with van der Waals surface area (Å²) in [7, 11) is -3.44. The highest BCUT2D eigenvalue weighted by Crippen LogP contribution is 2.55. The molecule has 1 N–H and O–H groups in total. The van der Waals surface area contributed by atoms with E-state index in [0.717, 1.165) is 29.5 Å². The molecule has 8 heteroatoms. The molecular formula is C24H27FN2O4S. The van der Waals surface area contributed by atoms with E-state index in [4.69, 9.17) is 4.74 Å². The third-order valence-corrected chi connectivity index (χ3v) is 7.63. The lowest BCUT2D eigenvalue weighted by Gasteiger charge is -2.34. The Balaban J connectivity index is 1.46. The topological polar surface area (TPSA) is 75.7 Å². The molecule has 3 atom stereocenters. The number of benzene rings is 2. The standard InChI is InChI=1S/C24H27FN2O4S/c1-32(29,30)26-22-20(27(15-24(22)9-10-24)23(28)21-8-11-31-21)13-16-4-2-5-17(12-16)18-6-3-7-19(25)14-18/h2-7,12,14,20-22,26H,8-11,13,15H2,1H3/t20-,21+,22+/m0/s1. The maximum absolute atomic E-state index is 13.7. The first kappa shape index (κ1) is 21.6. The number of likely N-dealkylation sites (tertiary alicyclic amines) is 1. The number of nitrogens with zero attached hydrogens (tertiary/aromatic N) is 1. The molecule has 170 valence electrons. The van der Waals surface area contributed by atoms with E-state index >= 15 is 0 Å². The zero-order chi connectivity index (χ0) is 22.5. The van der Waals surface area contributed by atoms with Crippen molar-refractivity contribution in [3.05, 3.63) is 59.9 Å². The van der Waals surface area contributed by atoms with E-state index in [2.05, 4.69) is 4.72 Å². The van der Waals surface area contributed by atoms with Gasteiger partial charge in [0.1, 0.15) is 11.9 Å². The van der Waals surface area contributed by atoms with Gasteiger partial charge in [0.15, 0.2) is 0 Å². The second-order valence-corrected chi connectivity index (χ2v) is 11.1. The van der Waals surface area contributed by atoms with E-state index in [1.54, 1.807) is 6.07 Å². The number of nitrogens with one attached hydrogen (secondary N) is 1. The number of carbonyl (C=O) groups excluding carboxylic acids is 1. The molecule has 0 unspecified atom stereocenters. The Morgan fingerprint density at radius 1 is 1.19 bits per heavy atom. The Labute approximate surface area is 187 Å². The highest BCUT2D eigenvalue weighted by molar-refractivity contribution is 7.88. The number of amides is 1. The molecule has 3 aliphatic rings. The van der Waals surface area contributed by atoms with E-state index in [1.165, 1.54) is 18.4 Å². The fraction of sp³-hybridized carbons (Fsp3) is 0.458. The number of sulfonamides is 1. The van der Waals surface area contributed by atoms with Crippen LogP contribution in [0.2, 0.25) is 0 Å². The smallest absolute Gasteiger partial charge is 0.252 e. The van der Waals surface area contributed by atoms with Gasteiger partial charge in [0, 0.05) is 24.4 Å². The SMILES string of the molecule is CS(=O)(=O)N[C@@H]1[C@H](Cc2cccc(-c3cccc(F)c3)c2)N(C(=O)[C@H]2CCO2)CC12CC2. The van der Waals surface area contributed by atoms with Gasteiger partial charge in [0.05, 0.1) is 18.9 Å². The molecule has 3 fully saturated rings. The monoisotopic (exact) mass is 458 g/mol. The first-order valence-corrected chi connectivity index (χ1v) is 12.9. The van der Waals surface area contributed by atoms with E-state index in [-0.39, 0.29) is 29.2 Å². The lowest BCUT2D eigenvalue weighted by molar-refractivity contribution is -0.157. The van der Waals surface area contributed by atoms with Crippen molar-refractivity contribution in [1.29, 1.82) is 0 Å². The van der Waals surface area contributed by atoms with Crippen molar-refractivity contribution in [2.75, 3.05) is 19.4 Å². The molecule has 0 bridgehead atoms. The third-order valence-electron chi connectivity index (χ3n) is 6.95. The Kier molecular flexibility index (Phi) is 5.34. The summed E-state index contributed by atoms with van der Waals surface area (Å²) in [5, 5.41) is 0. The summed E-state index contributed by atoms with van der Waals surface area (Å²) in [6.45, 7) is 1.13. The fourth-order valence-electron chi connectivity index (χ4n) is 5.08. The summed E-state index contributed by atoms with van der Waals surface area (Å²) < 4.78 is 46.4. The first-order valence-electron chi connectivity index (χ1n) is 11.0. The Morgan fingerprint density at radius 3 is 2.47 bits per heavy atom. The number of hydrogen-bond donors (Lipinski definition) is 1. The largest absolute Gasteiger partial charge is 0.368 e. The van der Waals surface area contributed by atoms with Crippen LogP contribution in [0.25, 0.3) is 11.1 Å². The van der Waals surface area contributed by atoms with E-state index in [1.807, 2.05) is 35.2 Å². The van der Waals surface area contributed by atoms with Gasteiger partial charge < -0.3 is 9.64 Å². The molecular weight excluding hydrogens is 431 g/mol. The minimum Gasteiger partial charge on any atom is -0.368 e. The Hall–Kier alpha value is -2.29. The van der Waals surface area contributed by atoms with Crippen molar-refractivity contribution in [3.63, 3.8) is 0 Å². The van der Waals surface area contributed by atoms with Crippen LogP contribution in [0.4, 0.5) is 4.39 Å². The minimum atomic E-state index is -3.44. The first-order chi connectivity index (χ1) is 15.2. The third kappa shape index (κ3) is 4.19. The molecule has 2 aromatic carbocycles. The van der Waals surface area contributed by atoms with Gasteiger partial charge in [0.25, 0.3) is 5.91 Å². The highest BCUT2D eigenvalue weighted by atomic mass is 32.2. The van der Waals surface area contributed by atoms with Gasteiger partial charge in [-0.1, -0.05) is 36.4 Å². The molecule has 0 aromatic heterocycles. The van der Waals surface area contributed by atoms with Crippen LogP contribution in [0.5, 0.6) is 0 Å². The van der Waals surface area contributed by atoms with Gasteiger partial charge in [-0.2, -0.15) is 0 Å². The molecule has 1 saturated carbocycles. The fourth-order valence-corrected chi connectivity index (χ4v) is 5.95. The van der Waals surface area contributed by atoms with Crippen LogP contribution in [0, 0.1) is 11.2 Å². The van der Waals surface area contributed by atoms with Crippen molar-refractivity contribution >= 4 is 15.9 Å². The average molecular weight is 459 g/mol. The summed E-state index contributed by atoms with van der Waals surface area (Å²) >= 11 is 0.